The highest BCUT2D eigenvalue weighted by atomic mass is 16.5. The lowest BCUT2D eigenvalue weighted by Gasteiger charge is -2.40. The van der Waals surface area contributed by atoms with Crippen LogP contribution in [0, 0.1) is 6.92 Å². The quantitative estimate of drug-likeness (QED) is 0.694. The Bertz CT molecular complexity index is 852. The standard InChI is InChI=1S/C22H30N4O4/c1-14-5-6-17-18(12-14)24-22(25-21(17)29)8-7-19(27)26(10-9-22)15(2)20(28)23-13-16-4-3-11-30-16/h5-6,12,15-16,24H,3-4,7-11,13H2,1-2H3,(H,23,28)(H,25,29)/t15-,16-,22+/m0/s1. The van der Waals surface area contributed by atoms with Crippen LogP contribution in [0.1, 0.15) is 54.9 Å². The summed E-state index contributed by atoms with van der Waals surface area (Å²) in [6.07, 6.45) is 3.30. The Morgan fingerprint density at radius 3 is 2.93 bits per heavy atom. The van der Waals surface area contributed by atoms with Gasteiger partial charge >= 0.3 is 0 Å². The molecule has 4 rings (SSSR count). The monoisotopic (exact) mass is 414 g/mol. The number of amides is 3. The van der Waals surface area contributed by atoms with Crippen molar-refractivity contribution in [2.45, 2.75) is 63.8 Å². The molecule has 0 radical (unpaired) electrons. The molecule has 3 atom stereocenters. The second kappa shape index (κ2) is 8.26. The minimum atomic E-state index is -0.684. The first-order valence-corrected chi connectivity index (χ1v) is 10.8. The van der Waals surface area contributed by atoms with E-state index in [-0.39, 0.29) is 30.2 Å². The van der Waals surface area contributed by atoms with Gasteiger partial charge in [-0.25, -0.2) is 0 Å². The molecule has 0 bridgehead atoms. The average molecular weight is 415 g/mol. The van der Waals surface area contributed by atoms with Gasteiger partial charge in [0.2, 0.25) is 11.8 Å². The Morgan fingerprint density at radius 2 is 2.17 bits per heavy atom. The summed E-state index contributed by atoms with van der Waals surface area (Å²) in [5.74, 6) is -0.374. The van der Waals surface area contributed by atoms with Crippen molar-refractivity contribution in [1.82, 2.24) is 15.5 Å². The molecule has 0 aliphatic carbocycles. The zero-order valence-electron chi connectivity index (χ0n) is 17.6. The van der Waals surface area contributed by atoms with Crippen LogP contribution in [-0.2, 0) is 14.3 Å². The Hall–Kier alpha value is -2.61. The van der Waals surface area contributed by atoms with E-state index in [0.717, 1.165) is 30.7 Å². The first kappa shape index (κ1) is 20.7. The van der Waals surface area contributed by atoms with Crippen molar-refractivity contribution in [1.29, 1.82) is 0 Å². The van der Waals surface area contributed by atoms with E-state index >= 15 is 0 Å². The molecule has 0 saturated carbocycles. The van der Waals surface area contributed by atoms with Gasteiger partial charge in [0.05, 0.1) is 11.7 Å². The van der Waals surface area contributed by atoms with E-state index < -0.39 is 11.7 Å². The number of carbonyl (C=O) groups excluding carboxylic acids is 3. The maximum absolute atomic E-state index is 12.8. The minimum absolute atomic E-state index is 0.0643. The summed E-state index contributed by atoms with van der Waals surface area (Å²) in [5.41, 5.74) is 1.78. The largest absolute Gasteiger partial charge is 0.376 e. The van der Waals surface area contributed by atoms with Gasteiger partial charge in [0.25, 0.3) is 5.91 Å². The van der Waals surface area contributed by atoms with Crippen LogP contribution in [0.3, 0.4) is 0 Å². The molecule has 3 amide bonds. The van der Waals surface area contributed by atoms with E-state index in [0.29, 0.717) is 31.5 Å². The second-order valence-electron chi connectivity index (χ2n) is 8.60. The molecular formula is C22H30N4O4. The topological polar surface area (TPSA) is 99.8 Å². The summed E-state index contributed by atoms with van der Waals surface area (Å²) in [6.45, 7) is 5.34. The molecule has 30 heavy (non-hydrogen) atoms. The fourth-order valence-electron chi connectivity index (χ4n) is 4.53. The summed E-state index contributed by atoms with van der Waals surface area (Å²) in [4.78, 5) is 39.7. The van der Waals surface area contributed by atoms with Crippen molar-refractivity contribution in [3.63, 3.8) is 0 Å². The van der Waals surface area contributed by atoms with Gasteiger partial charge in [0.1, 0.15) is 11.7 Å². The van der Waals surface area contributed by atoms with Gasteiger partial charge in [-0.1, -0.05) is 6.07 Å². The maximum atomic E-state index is 12.8. The Morgan fingerprint density at radius 1 is 1.33 bits per heavy atom. The number of nitrogens with one attached hydrogen (secondary N) is 3. The van der Waals surface area contributed by atoms with Gasteiger partial charge < -0.3 is 25.6 Å². The molecule has 8 heteroatoms. The second-order valence-corrected chi connectivity index (χ2v) is 8.60. The summed E-state index contributed by atoms with van der Waals surface area (Å²) in [5, 5.41) is 9.46. The van der Waals surface area contributed by atoms with Gasteiger partial charge in [-0.05, 0) is 50.8 Å². The number of aryl methyl sites for hydroxylation is 1. The van der Waals surface area contributed by atoms with Crippen molar-refractivity contribution in [3.05, 3.63) is 29.3 Å². The van der Waals surface area contributed by atoms with Crippen LogP contribution in [0.2, 0.25) is 0 Å². The van der Waals surface area contributed by atoms with Crippen molar-refractivity contribution in [3.8, 4) is 0 Å². The molecule has 3 N–H and O–H groups in total. The number of hydrogen-bond acceptors (Lipinski definition) is 5. The van der Waals surface area contributed by atoms with E-state index in [1.165, 1.54) is 0 Å². The van der Waals surface area contributed by atoms with Gasteiger partial charge in [0.15, 0.2) is 0 Å². The van der Waals surface area contributed by atoms with Crippen LogP contribution in [0.4, 0.5) is 5.69 Å². The minimum Gasteiger partial charge on any atom is -0.376 e. The van der Waals surface area contributed by atoms with E-state index in [1.807, 2.05) is 25.1 Å². The van der Waals surface area contributed by atoms with Gasteiger partial charge in [-0.15, -0.1) is 0 Å². The zero-order chi connectivity index (χ0) is 21.3. The van der Waals surface area contributed by atoms with Crippen molar-refractivity contribution in [2.75, 3.05) is 25.0 Å². The number of likely N-dealkylation sites (tertiary alicyclic amines) is 1. The van der Waals surface area contributed by atoms with Gasteiger partial charge in [0, 0.05) is 38.2 Å². The maximum Gasteiger partial charge on any atom is 0.255 e. The number of rotatable bonds is 4. The van der Waals surface area contributed by atoms with Crippen LogP contribution in [0.5, 0.6) is 0 Å². The van der Waals surface area contributed by atoms with Crippen LogP contribution < -0.4 is 16.0 Å². The predicted molar refractivity (Wildman–Crippen MR) is 112 cm³/mol. The van der Waals surface area contributed by atoms with Crippen LogP contribution in [-0.4, -0.2) is 60.1 Å². The fourth-order valence-corrected chi connectivity index (χ4v) is 4.53. The first-order chi connectivity index (χ1) is 14.4. The molecule has 1 spiro atoms. The van der Waals surface area contributed by atoms with E-state index in [4.69, 9.17) is 4.74 Å². The number of hydrogen-bond donors (Lipinski definition) is 3. The van der Waals surface area contributed by atoms with Gasteiger partial charge in [-0.2, -0.15) is 0 Å². The molecule has 0 aromatic heterocycles. The number of anilines is 1. The third kappa shape index (κ3) is 4.14. The molecule has 3 aliphatic heterocycles. The average Bonchev–Trinajstić information content (AvgIpc) is 3.18. The lowest BCUT2D eigenvalue weighted by Crippen LogP contribution is -2.58. The summed E-state index contributed by atoms with van der Waals surface area (Å²) in [6, 6.07) is 5.12. The van der Waals surface area contributed by atoms with Crippen LogP contribution in [0.25, 0.3) is 0 Å². The van der Waals surface area contributed by atoms with Gasteiger partial charge in [-0.3, -0.25) is 14.4 Å². The lowest BCUT2D eigenvalue weighted by atomic mass is 9.94. The summed E-state index contributed by atoms with van der Waals surface area (Å²) < 4.78 is 5.55. The van der Waals surface area contributed by atoms with Crippen molar-refractivity contribution < 1.29 is 19.1 Å². The molecule has 0 unspecified atom stereocenters. The number of ether oxygens (including phenoxy) is 1. The molecular weight excluding hydrogens is 384 g/mol. The molecule has 8 nitrogen and oxygen atoms in total. The molecule has 3 heterocycles. The highest BCUT2D eigenvalue weighted by Gasteiger charge is 2.41. The third-order valence-corrected chi connectivity index (χ3v) is 6.39. The molecule has 2 fully saturated rings. The fraction of sp³-hybridized carbons (Fsp3) is 0.591. The number of benzene rings is 1. The number of carbonyl (C=O) groups is 3. The van der Waals surface area contributed by atoms with E-state index in [9.17, 15) is 14.4 Å². The van der Waals surface area contributed by atoms with E-state index in [2.05, 4.69) is 16.0 Å². The Kier molecular flexibility index (Phi) is 5.69. The summed E-state index contributed by atoms with van der Waals surface area (Å²) >= 11 is 0. The lowest BCUT2D eigenvalue weighted by molar-refractivity contribution is -0.139. The first-order valence-electron chi connectivity index (χ1n) is 10.8. The van der Waals surface area contributed by atoms with Crippen molar-refractivity contribution in [2.24, 2.45) is 0 Å². The van der Waals surface area contributed by atoms with Crippen LogP contribution in [0.15, 0.2) is 18.2 Å². The summed E-state index contributed by atoms with van der Waals surface area (Å²) in [7, 11) is 0. The highest BCUT2D eigenvalue weighted by molar-refractivity contribution is 6.02. The normalized spacial score (nSPS) is 27.1. The number of nitrogens with zero attached hydrogens (tertiary/aromatic N) is 1. The zero-order valence-corrected chi connectivity index (χ0v) is 17.6. The van der Waals surface area contributed by atoms with Crippen molar-refractivity contribution >= 4 is 23.4 Å². The van der Waals surface area contributed by atoms with E-state index in [1.54, 1.807) is 11.8 Å². The molecule has 1 aromatic rings. The molecule has 3 aliphatic rings. The SMILES string of the molecule is Cc1ccc2c(c1)N[C@]1(CCC(=O)N([C@@H](C)C(=O)NC[C@@H]3CCCO3)CC1)NC2=O. The Balaban J connectivity index is 1.42. The third-order valence-electron chi connectivity index (χ3n) is 6.39. The molecule has 162 valence electrons. The molecule has 1 aromatic carbocycles. The van der Waals surface area contributed by atoms with Crippen LogP contribution >= 0.6 is 0 Å². The smallest absolute Gasteiger partial charge is 0.255 e. The Labute approximate surface area is 176 Å². The predicted octanol–water partition coefficient (Wildman–Crippen LogP) is 1.54. The highest BCUT2D eigenvalue weighted by Crippen LogP contribution is 2.32. The number of fused-ring (bicyclic) bond motifs is 1. The molecule has 2 saturated heterocycles.